The molecule has 0 bridgehead atoms. The van der Waals surface area contributed by atoms with E-state index < -0.39 is 0 Å². The van der Waals surface area contributed by atoms with E-state index in [0.717, 1.165) is 18.6 Å². The van der Waals surface area contributed by atoms with E-state index in [1.807, 2.05) is 26.0 Å². The molecule has 3 nitrogen and oxygen atoms in total. The van der Waals surface area contributed by atoms with Crippen molar-refractivity contribution in [1.29, 1.82) is 0 Å². The maximum Gasteiger partial charge on any atom is 0.119 e. The van der Waals surface area contributed by atoms with Crippen LogP contribution in [0.1, 0.15) is 52.1 Å². The van der Waals surface area contributed by atoms with Gasteiger partial charge in [-0.05, 0) is 51.4 Å². The number of ether oxygens (including phenoxy) is 1. The Morgan fingerprint density at radius 3 is 2.05 bits per heavy atom. The lowest BCUT2D eigenvalue weighted by Gasteiger charge is -2.34. The maximum atomic E-state index is 6.00. The van der Waals surface area contributed by atoms with Crippen LogP contribution < -0.4 is 10.5 Å². The Balaban J connectivity index is 2.84. The Bertz CT molecular complexity index is 371. The highest BCUT2D eigenvalue weighted by molar-refractivity contribution is 5.29. The van der Waals surface area contributed by atoms with E-state index >= 15 is 0 Å². The molecule has 0 aromatic heterocycles. The fraction of sp³-hybridized carbons (Fsp3) is 0.647. The monoisotopic (exact) mass is 278 g/mol. The Kier molecular flexibility index (Phi) is 7.03. The minimum atomic E-state index is 0.207. The highest BCUT2D eigenvalue weighted by atomic mass is 16.5. The largest absolute Gasteiger partial charge is 0.491 e. The van der Waals surface area contributed by atoms with Gasteiger partial charge < -0.3 is 10.5 Å². The number of rotatable bonds is 8. The highest BCUT2D eigenvalue weighted by Gasteiger charge is 2.21. The Labute approximate surface area is 124 Å². The van der Waals surface area contributed by atoms with Crippen molar-refractivity contribution in [2.24, 2.45) is 5.73 Å². The third kappa shape index (κ3) is 4.50. The molecule has 1 atom stereocenters. The quantitative estimate of drug-likeness (QED) is 0.789. The van der Waals surface area contributed by atoms with Gasteiger partial charge in [-0.3, -0.25) is 4.90 Å². The van der Waals surface area contributed by atoms with Crippen LogP contribution >= 0.6 is 0 Å². The molecule has 0 spiro atoms. The van der Waals surface area contributed by atoms with Crippen LogP contribution in [0, 0.1) is 0 Å². The van der Waals surface area contributed by atoms with E-state index in [1.165, 1.54) is 5.56 Å². The van der Waals surface area contributed by atoms with Gasteiger partial charge in [0.05, 0.1) is 6.10 Å². The number of hydrogen-bond donors (Lipinski definition) is 1. The molecule has 1 rings (SSSR count). The van der Waals surface area contributed by atoms with Gasteiger partial charge in [-0.15, -0.1) is 0 Å². The van der Waals surface area contributed by atoms with Gasteiger partial charge in [-0.25, -0.2) is 0 Å². The first-order valence-corrected chi connectivity index (χ1v) is 7.72. The first-order valence-electron chi connectivity index (χ1n) is 7.72. The zero-order valence-corrected chi connectivity index (χ0v) is 13.6. The summed E-state index contributed by atoms with van der Waals surface area (Å²) in [5, 5.41) is 0. The average molecular weight is 278 g/mol. The average Bonchev–Trinajstić information content (AvgIpc) is 2.42. The molecular weight excluding hydrogens is 248 g/mol. The molecule has 0 aliphatic rings. The lowest BCUT2D eigenvalue weighted by molar-refractivity contribution is 0.167. The van der Waals surface area contributed by atoms with E-state index in [0.29, 0.717) is 12.6 Å². The molecule has 1 aromatic carbocycles. The van der Waals surface area contributed by atoms with Crippen LogP contribution in [0.3, 0.4) is 0 Å². The summed E-state index contributed by atoms with van der Waals surface area (Å²) in [7, 11) is 2.17. The van der Waals surface area contributed by atoms with Crippen LogP contribution in [0.15, 0.2) is 24.3 Å². The third-order valence-electron chi connectivity index (χ3n) is 3.87. The molecule has 20 heavy (non-hydrogen) atoms. The van der Waals surface area contributed by atoms with E-state index in [9.17, 15) is 0 Å². The van der Waals surface area contributed by atoms with Crippen molar-refractivity contribution >= 4 is 0 Å². The fourth-order valence-electron chi connectivity index (χ4n) is 2.70. The lowest BCUT2D eigenvalue weighted by Crippen LogP contribution is -2.38. The van der Waals surface area contributed by atoms with E-state index in [1.54, 1.807) is 0 Å². The molecule has 0 radical (unpaired) electrons. The van der Waals surface area contributed by atoms with Crippen LogP contribution in [-0.4, -0.2) is 30.6 Å². The predicted octanol–water partition coefficient (Wildman–Crippen LogP) is 3.59. The Morgan fingerprint density at radius 1 is 1.10 bits per heavy atom. The van der Waals surface area contributed by atoms with Gasteiger partial charge in [-0.2, -0.15) is 0 Å². The summed E-state index contributed by atoms with van der Waals surface area (Å²) in [4.78, 5) is 2.40. The minimum Gasteiger partial charge on any atom is -0.491 e. The molecule has 0 fully saturated rings. The highest BCUT2D eigenvalue weighted by Crippen LogP contribution is 2.25. The van der Waals surface area contributed by atoms with Crippen LogP contribution in [0.25, 0.3) is 0 Å². The molecule has 114 valence electrons. The molecule has 0 saturated heterocycles. The van der Waals surface area contributed by atoms with Crippen molar-refractivity contribution in [2.45, 2.75) is 58.7 Å². The van der Waals surface area contributed by atoms with Gasteiger partial charge >= 0.3 is 0 Å². The van der Waals surface area contributed by atoms with Gasteiger partial charge in [0.1, 0.15) is 5.75 Å². The van der Waals surface area contributed by atoms with Crippen LogP contribution in [-0.2, 0) is 0 Å². The Morgan fingerprint density at radius 2 is 1.65 bits per heavy atom. The summed E-state index contributed by atoms with van der Waals surface area (Å²) in [6.07, 6.45) is 2.51. The summed E-state index contributed by atoms with van der Waals surface area (Å²) in [6.45, 7) is 9.18. The molecule has 0 aliphatic carbocycles. The molecule has 2 N–H and O–H groups in total. The standard InChI is InChI=1S/C17H30N2O/c1-6-15(7-2)19(5)17(12-18)14-8-10-16(11-9-14)20-13(3)4/h8-11,13,15,17H,6-7,12,18H2,1-5H3. The number of nitrogens with two attached hydrogens (primary N) is 1. The fourth-order valence-corrected chi connectivity index (χ4v) is 2.70. The SMILES string of the molecule is CCC(CC)N(C)C(CN)c1ccc(OC(C)C)cc1. The first kappa shape index (κ1) is 17.0. The minimum absolute atomic E-state index is 0.207. The molecule has 0 aliphatic heterocycles. The van der Waals surface area contributed by atoms with Gasteiger partial charge in [-0.1, -0.05) is 26.0 Å². The number of hydrogen-bond acceptors (Lipinski definition) is 3. The Hall–Kier alpha value is -1.06. The number of benzene rings is 1. The molecular formula is C17H30N2O. The molecule has 1 unspecified atom stereocenters. The van der Waals surface area contributed by atoms with Crippen molar-refractivity contribution in [3.8, 4) is 5.75 Å². The zero-order chi connectivity index (χ0) is 15.1. The van der Waals surface area contributed by atoms with Gasteiger partial charge in [0, 0.05) is 18.6 Å². The smallest absolute Gasteiger partial charge is 0.119 e. The molecule has 1 aromatic rings. The maximum absolute atomic E-state index is 6.00. The lowest BCUT2D eigenvalue weighted by atomic mass is 10.0. The van der Waals surface area contributed by atoms with Crippen molar-refractivity contribution in [3.05, 3.63) is 29.8 Å². The predicted molar refractivity (Wildman–Crippen MR) is 86.1 cm³/mol. The summed E-state index contributed by atoms with van der Waals surface area (Å²) in [5.74, 6) is 0.921. The van der Waals surface area contributed by atoms with E-state index in [4.69, 9.17) is 10.5 Å². The number of nitrogens with zero attached hydrogens (tertiary/aromatic N) is 1. The summed E-state index contributed by atoms with van der Waals surface area (Å²) in [5.41, 5.74) is 7.26. The normalized spacial score (nSPS) is 13.2. The summed E-state index contributed by atoms with van der Waals surface area (Å²) < 4.78 is 5.69. The third-order valence-corrected chi connectivity index (χ3v) is 3.87. The number of likely N-dealkylation sites (N-methyl/N-ethyl adjacent to an activating group) is 1. The van der Waals surface area contributed by atoms with Crippen LogP contribution in [0.5, 0.6) is 5.75 Å². The second kappa shape index (κ2) is 8.28. The van der Waals surface area contributed by atoms with Gasteiger partial charge in [0.25, 0.3) is 0 Å². The molecule has 3 heteroatoms. The van der Waals surface area contributed by atoms with Gasteiger partial charge in [0.15, 0.2) is 0 Å². The second-order valence-corrected chi connectivity index (χ2v) is 5.62. The van der Waals surface area contributed by atoms with Crippen molar-refractivity contribution in [2.75, 3.05) is 13.6 Å². The van der Waals surface area contributed by atoms with Crippen molar-refractivity contribution < 1.29 is 4.74 Å². The molecule has 0 heterocycles. The second-order valence-electron chi connectivity index (χ2n) is 5.62. The van der Waals surface area contributed by atoms with Crippen molar-refractivity contribution in [1.82, 2.24) is 4.90 Å². The van der Waals surface area contributed by atoms with Gasteiger partial charge in [0.2, 0.25) is 0 Å². The van der Waals surface area contributed by atoms with Crippen LogP contribution in [0.4, 0.5) is 0 Å². The van der Waals surface area contributed by atoms with Crippen LogP contribution in [0.2, 0.25) is 0 Å². The summed E-state index contributed by atoms with van der Waals surface area (Å²) >= 11 is 0. The van der Waals surface area contributed by atoms with Crippen molar-refractivity contribution in [3.63, 3.8) is 0 Å². The zero-order valence-electron chi connectivity index (χ0n) is 13.6. The van der Waals surface area contributed by atoms with E-state index in [-0.39, 0.29) is 12.1 Å². The summed E-state index contributed by atoms with van der Waals surface area (Å²) in [6, 6.07) is 9.20. The topological polar surface area (TPSA) is 38.5 Å². The van der Waals surface area contributed by atoms with E-state index in [2.05, 4.69) is 37.9 Å². The molecule has 0 amide bonds. The first-order chi connectivity index (χ1) is 9.53. The molecule has 0 saturated carbocycles.